The smallest absolute Gasteiger partial charge is 0.314 e. The zero-order chi connectivity index (χ0) is 19.4. The molecule has 1 atom stereocenters. The number of aromatic nitrogens is 1. The lowest BCUT2D eigenvalue weighted by molar-refractivity contribution is 0.230. The van der Waals surface area contributed by atoms with Crippen molar-refractivity contribution in [3.05, 3.63) is 78.2 Å². The molecule has 144 valence electrons. The minimum absolute atomic E-state index is 0.0166. The van der Waals surface area contributed by atoms with Crippen LogP contribution in [0.15, 0.2) is 46.6 Å². The summed E-state index contributed by atoms with van der Waals surface area (Å²) in [6.07, 6.45) is 2.42. The topological polar surface area (TPSA) is 45.5 Å². The minimum atomic E-state index is -0.204. The maximum absolute atomic E-state index is 12.4. The van der Waals surface area contributed by atoms with Crippen LogP contribution in [0.25, 0.3) is 5.69 Å². The maximum atomic E-state index is 12.4. The first kappa shape index (κ1) is 18.3. The molecule has 5 rings (SSSR count). The fraction of sp³-hybridized carbons (Fsp3) is 0.286. The van der Waals surface area contributed by atoms with E-state index in [0.29, 0.717) is 21.8 Å². The molecule has 0 radical (unpaired) electrons. The Balaban J connectivity index is 1.71. The van der Waals surface area contributed by atoms with E-state index >= 15 is 0 Å². The lowest BCUT2D eigenvalue weighted by atomic mass is 9.83. The van der Waals surface area contributed by atoms with E-state index in [1.807, 2.05) is 30.3 Å². The van der Waals surface area contributed by atoms with Gasteiger partial charge in [-0.25, -0.2) is 4.57 Å². The molecule has 1 aliphatic heterocycles. The third kappa shape index (κ3) is 3.07. The number of fused-ring (bicyclic) bond motifs is 1. The highest BCUT2D eigenvalue weighted by Crippen LogP contribution is 2.43. The quantitative estimate of drug-likeness (QED) is 0.631. The van der Waals surface area contributed by atoms with Gasteiger partial charge < -0.3 is 5.11 Å². The molecule has 1 saturated carbocycles. The Kier molecular flexibility index (Phi) is 4.51. The van der Waals surface area contributed by atoms with Gasteiger partial charge in [-0.3, -0.25) is 9.69 Å². The molecule has 0 saturated heterocycles. The molecule has 2 heterocycles. The van der Waals surface area contributed by atoms with E-state index in [2.05, 4.69) is 4.90 Å². The van der Waals surface area contributed by atoms with Gasteiger partial charge in [-0.05, 0) is 47.7 Å². The second-order valence-electron chi connectivity index (χ2n) is 7.42. The third-order valence-electron chi connectivity index (χ3n) is 5.64. The van der Waals surface area contributed by atoms with Crippen LogP contribution in [0.5, 0.6) is 5.88 Å². The molecule has 28 heavy (non-hydrogen) atoms. The molecule has 2 aliphatic rings. The fourth-order valence-corrected chi connectivity index (χ4v) is 5.37. The Labute approximate surface area is 176 Å². The summed E-state index contributed by atoms with van der Waals surface area (Å²) in [6.45, 7) is 1.66. The molecular formula is C21H18Cl2N2O2S. The number of rotatable bonds is 3. The van der Waals surface area contributed by atoms with Gasteiger partial charge >= 0.3 is 4.87 Å². The van der Waals surface area contributed by atoms with Crippen molar-refractivity contribution in [2.24, 2.45) is 0 Å². The minimum Gasteiger partial charge on any atom is -0.494 e. The fourth-order valence-electron chi connectivity index (χ4n) is 4.19. The van der Waals surface area contributed by atoms with Crippen molar-refractivity contribution in [3.63, 3.8) is 0 Å². The average Bonchev–Trinajstić information content (AvgIpc) is 3.47. The summed E-state index contributed by atoms with van der Waals surface area (Å²) in [7, 11) is 0. The summed E-state index contributed by atoms with van der Waals surface area (Å²) in [4.78, 5) is 14.6. The predicted molar refractivity (Wildman–Crippen MR) is 113 cm³/mol. The molecule has 4 nitrogen and oxygen atoms in total. The number of benzene rings is 2. The van der Waals surface area contributed by atoms with E-state index in [4.69, 9.17) is 23.2 Å². The highest BCUT2D eigenvalue weighted by atomic mass is 35.5. The normalized spacial score (nSPS) is 19.6. The van der Waals surface area contributed by atoms with Crippen molar-refractivity contribution in [1.29, 1.82) is 0 Å². The zero-order valence-corrected chi connectivity index (χ0v) is 17.3. The van der Waals surface area contributed by atoms with E-state index in [1.165, 1.54) is 22.8 Å². The second kappa shape index (κ2) is 6.92. The Morgan fingerprint density at radius 1 is 1.11 bits per heavy atom. The van der Waals surface area contributed by atoms with E-state index in [1.54, 1.807) is 6.07 Å². The predicted octanol–water partition coefficient (Wildman–Crippen LogP) is 5.02. The van der Waals surface area contributed by atoms with Crippen LogP contribution in [0.1, 0.15) is 35.4 Å². The molecule has 0 amide bonds. The van der Waals surface area contributed by atoms with Gasteiger partial charge in [-0.15, -0.1) is 0 Å². The molecule has 2 aromatic carbocycles. The van der Waals surface area contributed by atoms with E-state index < -0.39 is 0 Å². The molecule has 1 N–H and O–H groups in total. The van der Waals surface area contributed by atoms with Gasteiger partial charge in [0, 0.05) is 35.1 Å². The third-order valence-corrected chi connectivity index (χ3v) is 6.91. The summed E-state index contributed by atoms with van der Waals surface area (Å²) in [5.41, 5.74) is 3.90. The maximum Gasteiger partial charge on any atom is 0.314 e. The number of hydrogen-bond donors (Lipinski definition) is 1. The van der Waals surface area contributed by atoms with Gasteiger partial charge in [0.2, 0.25) is 5.88 Å². The summed E-state index contributed by atoms with van der Waals surface area (Å²) in [6, 6.07) is 12.1. The molecule has 7 heteroatoms. The Morgan fingerprint density at radius 2 is 1.89 bits per heavy atom. The second-order valence-corrected chi connectivity index (χ2v) is 9.09. The molecule has 0 unspecified atom stereocenters. The van der Waals surface area contributed by atoms with Crippen molar-refractivity contribution in [3.8, 4) is 11.6 Å². The molecule has 0 bridgehead atoms. The Morgan fingerprint density at radius 3 is 2.61 bits per heavy atom. The van der Waals surface area contributed by atoms with Gasteiger partial charge in [0.15, 0.2) is 0 Å². The van der Waals surface area contributed by atoms with Crippen molar-refractivity contribution in [2.45, 2.75) is 31.3 Å². The lowest BCUT2D eigenvalue weighted by Gasteiger charge is -2.36. The molecule has 1 aliphatic carbocycles. The first-order chi connectivity index (χ1) is 13.5. The Bertz CT molecular complexity index is 1120. The summed E-state index contributed by atoms with van der Waals surface area (Å²) in [5, 5.41) is 13.0. The molecule has 1 fully saturated rings. The molecule has 0 spiro atoms. The first-order valence-electron chi connectivity index (χ1n) is 9.23. The number of halogens is 2. The van der Waals surface area contributed by atoms with E-state index in [9.17, 15) is 9.90 Å². The summed E-state index contributed by atoms with van der Waals surface area (Å²) >= 11 is 13.9. The summed E-state index contributed by atoms with van der Waals surface area (Å²) < 4.78 is 1.38. The van der Waals surface area contributed by atoms with Gasteiger partial charge in [-0.1, -0.05) is 52.7 Å². The van der Waals surface area contributed by atoms with Crippen LogP contribution in [0.4, 0.5) is 0 Å². The van der Waals surface area contributed by atoms with Crippen LogP contribution in [-0.4, -0.2) is 27.2 Å². The van der Waals surface area contributed by atoms with Gasteiger partial charge in [-0.2, -0.15) is 0 Å². The average molecular weight is 433 g/mol. The van der Waals surface area contributed by atoms with Crippen molar-refractivity contribution in [2.75, 3.05) is 6.54 Å². The van der Waals surface area contributed by atoms with Gasteiger partial charge in [0.1, 0.15) is 0 Å². The van der Waals surface area contributed by atoms with Crippen LogP contribution in [0.3, 0.4) is 0 Å². The van der Waals surface area contributed by atoms with Gasteiger partial charge in [0.25, 0.3) is 0 Å². The standard InChI is InChI=1S/C21H18Cl2N2O2S/c22-12-7-15-16(9-24(13-5-6-13)10-17(15)18(23)8-12)14-3-1-2-4-19(14)25-20(26)11-28-21(25)27/h1-4,7-8,11,13,16,26H,5-6,9-10H2/t16-/m0/s1. The van der Waals surface area contributed by atoms with Crippen LogP contribution in [0.2, 0.25) is 10.0 Å². The number of hydrogen-bond acceptors (Lipinski definition) is 4. The highest BCUT2D eigenvalue weighted by Gasteiger charge is 2.37. The number of aromatic hydroxyl groups is 1. The molecular weight excluding hydrogens is 415 g/mol. The number of thiazole rings is 1. The van der Waals surface area contributed by atoms with E-state index in [-0.39, 0.29) is 16.7 Å². The summed E-state index contributed by atoms with van der Waals surface area (Å²) in [5.74, 6) is -0.0235. The van der Waals surface area contributed by atoms with Crippen molar-refractivity contribution < 1.29 is 5.11 Å². The monoisotopic (exact) mass is 432 g/mol. The van der Waals surface area contributed by atoms with Crippen LogP contribution in [-0.2, 0) is 6.54 Å². The van der Waals surface area contributed by atoms with Crippen LogP contribution < -0.4 is 4.87 Å². The van der Waals surface area contributed by atoms with Crippen molar-refractivity contribution in [1.82, 2.24) is 9.47 Å². The molecule has 3 aromatic rings. The highest BCUT2D eigenvalue weighted by molar-refractivity contribution is 7.07. The lowest BCUT2D eigenvalue weighted by Crippen LogP contribution is -2.36. The van der Waals surface area contributed by atoms with Crippen LogP contribution >= 0.6 is 34.5 Å². The van der Waals surface area contributed by atoms with Crippen molar-refractivity contribution >= 4 is 34.5 Å². The molecule has 1 aromatic heterocycles. The van der Waals surface area contributed by atoms with Crippen LogP contribution in [0, 0.1) is 0 Å². The first-order valence-corrected chi connectivity index (χ1v) is 10.9. The largest absolute Gasteiger partial charge is 0.494 e. The SMILES string of the molecule is O=c1scc(O)n1-c1ccccc1[C@@H]1CN(C2CC2)Cc2c(Cl)cc(Cl)cc21. The number of para-hydroxylation sites is 1. The number of nitrogens with zero attached hydrogens (tertiary/aromatic N) is 2. The Hall–Kier alpha value is -1.79. The zero-order valence-electron chi connectivity index (χ0n) is 14.9. The van der Waals surface area contributed by atoms with Gasteiger partial charge in [0.05, 0.1) is 11.1 Å². The van der Waals surface area contributed by atoms with E-state index in [0.717, 1.165) is 41.1 Å².